The highest BCUT2D eigenvalue weighted by atomic mass is 32.2. The van der Waals surface area contributed by atoms with Crippen molar-refractivity contribution in [1.29, 1.82) is 0 Å². The Morgan fingerprint density at radius 1 is 1.30 bits per heavy atom. The average molecular weight is 305 g/mol. The van der Waals surface area contributed by atoms with Crippen LogP contribution in [0, 0.1) is 0 Å². The van der Waals surface area contributed by atoms with Gasteiger partial charge in [0.05, 0.1) is 6.54 Å². The molecule has 0 heterocycles. The Kier molecular flexibility index (Phi) is 7.25. The summed E-state index contributed by atoms with van der Waals surface area (Å²) in [4.78, 5) is 4.13. The van der Waals surface area contributed by atoms with Crippen LogP contribution in [-0.4, -0.2) is 39.6 Å². The van der Waals surface area contributed by atoms with E-state index >= 15 is 0 Å². The number of nitrogens with zero attached hydrogens (tertiary/aromatic N) is 1. The van der Waals surface area contributed by atoms with Crippen molar-refractivity contribution in [2.24, 2.45) is 10.7 Å². The van der Waals surface area contributed by atoms with E-state index in [4.69, 9.17) is 5.73 Å². The predicted molar refractivity (Wildman–Crippen MR) is 81.7 cm³/mol. The van der Waals surface area contributed by atoms with Gasteiger partial charge in [0, 0.05) is 18.6 Å². The lowest BCUT2D eigenvalue weighted by molar-refractivity contribution is 0.412. The monoisotopic (exact) mass is 305 g/mol. The van der Waals surface area contributed by atoms with E-state index in [1.165, 1.54) is 19.3 Å². The minimum atomic E-state index is -3.44. The maximum Gasteiger partial charge on any atom is 0.277 e. The molecule has 118 valence electrons. The Balaban J connectivity index is 2.22. The SMILES string of the molecule is CC(C)NS(=O)(=O)NCCN=C(N)NC1CCCCC1. The van der Waals surface area contributed by atoms with Gasteiger partial charge in [-0.25, -0.2) is 4.72 Å². The topological polar surface area (TPSA) is 109 Å². The molecule has 1 aliphatic carbocycles. The van der Waals surface area contributed by atoms with Gasteiger partial charge in [-0.3, -0.25) is 4.99 Å². The molecule has 0 atom stereocenters. The smallest absolute Gasteiger partial charge is 0.277 e. The molecule has 0 saturated heterocycles. The molecule has 0 amide bonds. The molecule has 8 heteroatoms. The second-order valence-corrected chi connectivity index (χ2v) is 6.95. The normalized spacial score (nSPS) is 18.4. The summed E-state index contributed by atoms with van der Waals surface area (Å²) in [6.07, 6.45) is 6.00. The lowest BCUT2D eigenvalue weighted by Gasteiger charge is -2.23. The summed E-state index contributed by atoms with van der Waals surface area (Å²) < 4.78 is 27.8. The van der Waals surface area contributed by atoms with Gasteiger partial charge in [0.2, 0.25) is 0 Å². The number of guanidine groups is 1. The molecule has 1 rings (SSSR count). The van der Waals surface area contributed by atoms with Gasteiger partial charge in [-0.1, -0.05) is 19.3 Å². The largest absolute Gasteiger partial charge is 0.370 e. The Morgan fingerprint density at radius 2 is 1.95 bits per heavy atom. The lowest BCUT2D eigenvalue weighted by atomic mass is 9.96. The van der Waals surface area contributed by atoms with Crippen molar-refractivity contribution in [2.45, 2.75) is 58.0 Å². The van der Waals surface area contributed by atoms with E-state index in [9.17, 15) is 8.42 Å². The lowest BCUT2D eigenvalue weighted by Crippen LogP contribution is -2.43. The van der Waals surface area contributed by atoms with Crippen molar-refractivity contribution in [3.8, 4) is 0 Å². The summed E-state index contributed by atoms with van der Waals surface area (Å²) in [5.74, 6) is 0.396. The van der Waals surface area contributed by atoms with Gasteiger partial charge < -0.3 is 11.1 Å². The average Bonchev–Trinajstić information content (AvgIpc) is 2.34. The van der Waals surface area contributed by atoms with Crippen LogP contribution in [0.3, 0.4) is 0 Å². The molecule has 0 aromatic rings. The van der Waals surface area contributed by atoms with Crippen molar-refractivity contribution in [3.63, 3.8) is 0 Å². The Labute approximate surface area is 122 Å². The fraction of sp³-hybridized carbons (Fsp3) is 0.917. The van der Waals surface area contributed by atoms with Crippen LogP contribution in [0.5, 0.6) is 0 Å². The van der Waals surface area contributed by atoms with Gasteiger partial charge in [-0.05, 0) is 26.7 Å². The minimum absolute atomic E-state index is 0.131. The summed E-state index contributed by atoms with van der Waals surface area (Å²) in [7, 11) is -3.44. The first-order valence-electron chi connectivity index (χ1n) is 7.22. The highest BCUT2D eigenvalue weighted by Crippen LogP contribution is 2.16. The fourth-order valence-electron chi connectivity index (χ4n) is 2.21. The molecule has 0 bridgehead atoms. The molecule has 0 spiro atoms. The van der Waals surface area contributed by atoms with Crippen molar-refractivity contribution in [2.75, 3.05) is 13.1 Å². The van der Waals surface area contributed by atoms with Crippen LogP contribution in [-0.2, 0) is 10.2 Å². The molecular weight excluding hydrogens is 278 g/mol. The van der Waals surface area contributed by atoms with E-state index in [1.807, 2.05) is 0 Å². The zero-order chi connectivity index (χ0) is 15.0. The van der Waals surface area contributed by atoms with Gasteiger partial charge in [-0.15, -0.1) is 0 Å². The molecule has 7 nitrogen and oxygen atoms in total. The molecule has 1 aliphatic rings. The molecule has 1 fully saturated rings. The van der Waals surface area contributed by atoms with Crippen molar-refractivity contribution < 1.29 is 8.42 Å². The van der Waals surface area contributed by atoms with Crippen LogP contribution >= 0.6 is 0 Å². The van der Waals surface area contributed by atoms with Gasteiger partial charge in [0.1, 0.15) is 0 Å². The van der Waals surface area contributed by atoms with E-state index in [1.54, 1.807) is 13.8 Å². The van der Waals surface area contributed by atoms with Crippen LogP contribution in [0.1, 0.15) is 46.0 Å². The summed E-state index contributed by atoms with van der Waals surface area (Å²) >= 11 is 0. The van der Waals surface area contributed by atoms with Crippen LogP contribution in [0.15, 0.2) is 4.99 Å². The number of rotatable bonds is 7. The van der Waals surface area contributed by atoms with Gasteiger partial charge in [-0.2, -0.15) is 13.1 Å². The third kappa shape index (κ3) is 7.66. The van der Waals surface area contributed by atoms with Crippen molar-refractivity contribution in [1.82, 2.24) is 14.8 Å². The van der Waals surface area contributed by atoms with E-state index < -0.39 is 10.2 Å². The van der Waals surface area contributed by atoms with E-state index in [0.29, 0.717) is 18.5 Å². The third-order valence-corrected chi connectivity index (χ3v) is 4.40. The summed E-state index contributed by atoms with van der Waals surface area (Å²) in [5, 5.41) is 3.18. The number of nitrogens with one attached hydrogen (secondary N) is 3. The first-order valence-corrected chi connectivity index (χ1v) is 8.71. The predicted octanol–water partition coefficient (Wildman–Crippen LogP) is 0.0558. The number of nitrogens with two attached hydrogens (primary N) is 1. The highest BCUT2D eigenvalue weighted by Gasteiger charge is 2.13. The van der Waals surface area contributed by atoms with Crippen molar-refractivity contribution in [3.05, 3.63) is 0 Å². The third-order valence-electron chi connectivity index (χ3n) is 3.03. The Morgan fingerprint density at radius 3 is 2.55 bits per heavy atom. The number of hydrogen-bond acceptors (Lipinski definition) is 3. The first kappa shape index (κ1) is 17.2. The molecule has 0 aromatic carbocycles. The maximum absolute atomic E-state index is 11.5. The van der Waals surface area contributed by atoms with E-state index in [2.05, 4.69) is 19.8 Å². The number of hydrogen-bond donors (Lipinski definition) is 4. The van der Waals surface area contributed by atoms with Gasteiger partial charge >= 0.3 is 0 Å². The highest BCUT2D eigenvalue weighted by molar-refractivity contribution is 7.87. The quantitative estimate of drug-likeness (QED) is 0.303. The number of aliphatic imine (C=N–C) groups is 1. The molecule has 20 heavy (non-hydrogen) atoms. The Hall–Kier alpha value is -0.860. The zero-order valence-corrected chi connectivity index (χ0v) is 13.2. The van der Waals surface area contributed by atoms with E-state index in [-0.39, 0.29) is 12.6 Å². The van der Waals surface area contributed by atoms with E-state index in [0.717, 1.165) is 12.8 Å². The van der Waals surface area contributed by atoms with Gasteiger partial charge in [0.15, 0.2) is 5.96 Å². The molecule has 0 radical (unpaired) electrons. The van der Waals surface area contributed by atoms with Crippen LogP contribution in [0.4, 0.5) is 0 Å². The molecular formula is C12H27N5O2S. The van der Waals surface area contributed by atoms with Crippen molar-refractivity contribution >= 4 is 16.2 Å². The fourth-order valence-corrected chi connectivity index (χ4v) is 3.27. The first-order chi connectivity index (χ1) is 9.39. The molecule has 0 aromatic heterocycles. The standard InChI is InChI=1S/C12H27N5O2S/c1-10(2)17-20(18,19)15-9-8-14-12(13)16-11-6-4-3-5-7-11/h10-11,15,17H,3-9H2,1-2H3,(H3,13,14,16). The minimum Gasteiger partial charge on any atom is -0.370 e. The zero-order valence-electron chi connectivity index (χ0n) is 12.4. The molecule has 5 N–H and O–H groups in total. The second-order valence-electron chi connectivity index (χ2n) is 5.42. The summed E-state index contributed by atoms with van der Waals surface area (Å²) in [6.45, 7) is 4.09. The molecule has 1 saturated carbocycles. The Bertz CT molecular complexity index is 402. The molecule has 0 aliphatic heterocycles. The van der Waals surface area contributed by atoms with Crippen LogP contribution in [0.2, 0.25) is 0 Å². The summed E-state index contributed by atoms with van der Waals surface area (Å²) in [5.41, 5.74) is 5.78. The van der Waals surface area contributed by atoms with Crippen LogP contribution in [0.25, 0.3) is 0 Å². The second kappa shape index (κ2) is 8.43. The summed E-state index contributed by atoms with van der Waals surface area (Å²) in [6, 6.07) is 0.279. The maximum atomic E-state index is 11.5. The van der Waals surface area contributed by atoms with Gasteiger partial charge in [0.25, 0.3) is 10.2 Å². The van der Waals surface area contributed by atoms with Crippen LogP contribution < -0.4 is 20.5 Å². The molecule has 0 unspecified atom stereocenters.